The number of hydrogen-bond acceptors (Lipinski definition) is 3. The van der Waals surface area contributed by atoms with Crippen LogP contribution in [0.4, 0.5) is 5.69 Å². The molecule has 1 fully saturated rings. The molecule has 1 aromatic heterocycles. The van der Waals surface area contributed by atoms with Gasteiger partial charge in [-0.3, -0.25) is 4.79 Å². The summed E-state index contributed by atoms with van der Waals surface area (Å²) in [5.41, 5.74) is 4.61. The van der Waals surface area contributed by atoms with Crippen molar-refractivity contribution in [3.63, 3.8) is 0 Å². The second-order valence-electron chi connectivity index (χ2n) is 9.17. The molecule has 0 bridgehead atoms. The predicted molar refractivity (Wildman–Crippen MR) is 138 cm³/mol. The number of phenolic OH excluding ortho intramolecular Hbond substituents is 1. The normalized spacial score (nSPS) is 15.0. The molecule has 0 spiro atoms. The fourth-order valence-electron chi connectivity index (χ4n) is 5.13. The highest BCUT2D eigenvalue weighted by Crippen LogP contribution is 2.31. The fraction of sp³-hybridized carbons (Fsp3) is 0.276. The van der Waals surface area contributed by atoms with Crippen molar-refractivity contribution < 1.29 is 9.90 Å². The van der Waals surface area contributed by atoms with Gasteiger partial charge >= 0.3 is 0 Å². The van der Waals surface area contributed by atoms with Gasteiger partial charge in [-0.1, -0.05) is 48.5 Å². The molecule has 2 heterocycles. The van der Waals surface area contributed by atoms with Crippen LogP contribution in [0.25, 0.3) is 10.9 Å². The van der Waals surface area contributed by atoms with E-state index in [2.05, 4.69) is 40.2 Å². The average Bonchev–Trinajstić information content (AvgIpc) is 3.19. The molecule has 0 saturated carbocycles. The molecule has 1 amide bonds. The van der Waals surface area contributed by atoms with Gasteiger partial charge in [-0.05, 0) is 62.1 Å². The van der Waals surface area contributed by atoms with Crippen LogP contribution in [0.3, 0.4) is 0 Å². The van der Waals surface area contributed by atoms with E-state index >= 15 is 0 Å². The summed E-state index contributed by atoms with van der Waals surface area (Å²) in [6.45, 7) is 4.92. The van der Waals surface area contributed by atoms with Gasteiger partial charge in [0.05, 0.1) is 5.56 Å². The molecule has 4 aromatic rings. The molecule has 5 heteroatoms. The number of aryl methyl sites for hydroxylation is 1. The molecule has 34 heavy (non-hydrogen) atoms. The molecule has 5 nitrogen and oxygen atoms in total. The van der Waals surface area contributed by atoms with Crippen molar-refractivity contribution in [1.29, 1.82) is 0 Å². The van der Waals surface area contributed by atoms with Crippen molar-refractivity contribution in [1.82, 2.24) is 9.88 Å². The minimum atomic E-state index is -0.0108. The first-order valence-electron chi connectivity index (χ1n) is 12.1. The number of aromatic hydroxyl groups is 1. The molecule has 1 aliphatic heterocycles. The minimum absolute atomic E-state index is 0.0108. The van der Waals surface area contributed by atoms with Gasteiger partial charge in [0.15, 0.2) is 0 Å². The Morgan fingerprint density at radius 2 is 1.68 bits per heavy atom. The smallest absolute Gasteiger partial charge is 0.260 e. The number of carbonyl (C=O) groups excluding carboxylic acids is 1. The molecule has 0 unspecified atom stereocenters. The number of rotatable bonds is 6. The monoisotopic (exact) mass is 453 g/mol. The average molecular weight is 454 g/mol. The van der Waals surface area contributed by atoms with Crippen molar-refractivity contribution in [2.24, 2.45) is 0 Å². The highest BCUT2D eigenvalue weighted by Gasteiger charge is 2.32. The van der Waals surface area contributed by atoms with Gasteiger partial charge in [0.25, 0.3) is 5.91 Å². The number of amides is 1. The number of fused-ring (bicyclic) bond motifs is 1. The lowest BCUT2D eigenvalue weighted by Gasteiger charge is -2.38. The Kier molecular flexibility index (Phi) is 6.37. The van der Waals surface area contributed by atoms with E-state index in [1.54, 1.807) is 12.1 Å². The standard InChI is InChI=1S/C29H31N3O2/c1-21-28(26-20-25(33)12-13-27(26)30-21)29(34)32(23-10-6-3-7-11-23)24-15-18-31(19-16-24)17-14-22-8-4-2-5-9-22/h2-13,20,24,30,33H,14-19H2,1H3. The Labute approximate surface area is 200 Å². The number of benzene rings is 3. The van der Waals surface area contributed by atoms with E-state index in [-0.39, 0.29) is 17.7 Å². The maximum atomic E-state index is 14.1. The third-order valence-corrected chi connectivity index (χ3v) is 6.92. The lowest BCUT2D eigenvalue weighted by molar-refractivity contribution is 0.0961. The highest BCUT2D eigenvalue weighted by atomic mass is 16.3. The van der Waals surface area contributed by atoms with Gasteiger partial charge in [0.2, 0.25) is 0 Å². The topological polar surface area (TPSA) is 59.6 Å². The van der Waals surface area contributed by atoms with Gasteiger partial charge in [-0.2, -0.15) is 0 Å². The maximum Gasteiger partial charge on any atom is 0.260 e. The molecule has 0 aliphatic carbocycles. The minimum Gasteiger partial charge on any atom is -0.508 e. The van der Waals surface area contributed by atoms with Crippen molar-refractivity contribution in [2.75, 3.05) is 24.5 Å². The second kappa shape index (κ2) is 9.74. The van der Waals surface area contributed by atoms with Gasteiger partial charge < -0.3 is 19.9 Å². The Balaban J connectivity index is 1.37. The molecule has 0 radical (unpaired) electrons. The quantitative estimate of drug-likeness (QED) is 0.403. The number of phenols is 1. The lowest BCUT2D eigenvalue weighted by Crippen LogP contribution is -2.48. The number of hydrogen-bond donors (Lipinski definition) is 2. The first-order valence-corrected chi connectivity index (χ1v) is 12.1. The van der Waals surface area contributed by atoms with Crippen LogP contribution in [-0.4, -0.2) is 46.6 Å². The summed E-state index contributed by atoms with van der Waals surface area (Å²) < 4.78 is 0. The van der Waals surface area contributed by atoms with Crippen LogP contribution in [0.2, 0.25) is 0 Å². The Morgan fingerprint density at radius 3 is 2.38 bits per heavy atom. The number of anilines is 1. The van der Waals surface area contributed by atoms with Gasteiger partial charge in [-0.15, -0.1) is 0 Å². The molecule has 2 N–H and O–H groups in total. The van der Waals surface area contributed by atoms with Crippen molar-refractivity contribution >= 4 is 22.5 Å². The van der Waals surface area contributed by atoms with Gasteiger partial charge in [0.1, 0.15) is 5.75 Å². The molecule has 3 aromatic carbocycles. The highest BCUT2D eigenvalue weighted by molar-refractivity contribution is 6.15. The van der Waals surface area contributed by atoms with E-state index in [0.717, 1.165) is 61.2 Å². The molecular formula is C29H31N3O2. The third kappa shape index (κ3) is 4.57. The van der Waals surface area contributed by atoms with Gasteiger partial charge in [-0.25, -0.2) is 0 Å². The number of para-hydroxylation sites is 1. The first kappa shape index (κ1) is 22.2. The summed E-state index contributed by atoms with van der Waals surface area (Å²) >= 11 is 0. The summed E-state index contributed by atoms with van der Waals surface area (Å²) in [6.07, 6.45) is 2.91. The number of nitrogens with zero attached hydrogens (tertiary/aromatic N) is 2. The lowest BCUT2D eigenvalue weighted by atomic mass is 9.99. The van der Waals surface area contributed by atoms with Crippen LogP contribution in [0.1, 0.15) is 34.5 Å². The van der Waals surface area contributed by atoms with Crippen LogP contribution < -0.4 is 4.90 Å². The largest absolute Gasteiger partial charge is 0.508 e. The van der Waals surface area contributed by atoms with Crippen LogP contribution in [-0.2, 0) is 6.42 Å². The van der Waals surface area contributed by atoms with Crippen molar-refractivity contribution in [3.8, 4) is 5.75 Å². The van der Waals surface area contributed by atoms with Crippen LogP contribution in [0, 0.1) is 6.92 Å². The van der Waals surface area contributed by atoms with E-state index < -0.39 is 0 Å². The summed E-state index contributed by atoms with van der Waals surface area (Å²) in [4.78, 5) is 21.9. The molecular weight excluding hydrogens is 422 g/mol. The van der Waals surface area contributed by atoms with E-state index in [0.29, 0.717) is 5.56 Å². The third-order valence-electron chi connectivity index (χ3n) is 6.92. The molecule has 1 saturated heterocycles. The number of piperidine rings is 1. The first-order chi connectivity index (χ1) is 16.6. The Morgan fingerprint density at radius 1 is 1.00 bits per heavy atom. The number of likely N-dealkylation sites (tertiary alicyclic amines) is 1. The second-order valence-corrected chi connectivity index (χ2v) is 9.17. The van der Waals surface area contributed by atoms with E-state index in [1.807, 2.05) is 48.2 Å². The molecule has 5 rings (SSSR count). The van der Waals surface area contributed by atoms with Gasteiger partial charge in [0, 0.05) is 48.0 Å². The summed E-state index contributed by atoms with van der Waals surface area (Å²) in [7, 11) is 0. The predicted octanol–water partition coefficient (Wildman–Crippen LogP) is 5.54. The van der Waals surface area contributed by atoms with Crippen LogP contribution in [0.15, 0.2) is 78.9 Å². The maximum absolute atomic E-state index is 14.1. The SMILES string of the molecule is Cc1[nH]c2ccc(O)cc2c1C(=O)N(c1ccccc1)C1CCN(CCc2ccccc2)CC1. The van der Waals surface area contributed by atoms with Crippen molar-refractivity contribution in [2.45, 2.75) is 32.2 Å². The number of nitrogens with one attached hydrogen (secondary N) is 1. The molecule has 1 aliphatic rings. The van der Waals surface area contributed by atoms with E-state index in [9.17, 15) is 9.90 Å². The Bertz CT molecular complexity index is 1260. The van der Waals surface area contributed by atoms with E-state index in [4.69, 9.17) is 0 Å². The summed E-state index contributed by atoms with van der Waals surface area (Å²) in [6, 6.07) is 25.9. The Hall–Kier alpha value is -3.57. The zero-order chi connectivity index (χ0) is 23.5. The zero-order valence-corrected chi connectivity index (χ0v) is 19.6. The van der Waals surface area contributed by atoms with E-state index in [1.165, 1.54) is 5.56 Å². The summed E-state index contributed by atoms with van der Waals surface area (Å²) in [5, 5.41) is 10.8. The zero-order valence-electron chi connectivity index (χ0n) is 19.6. The van der Waals surface area contributed by atoms with Crippen LogP contribution >= 0.6 is 0 Å². The number of carbonyl (C=O) groups is 1. The number of H-pyrrole nitrogens is 1. The number of aromatic nitrogens is 1. The van der Waals surface area contributed by atoms with Crippen molar-refractivity contribution in [3.05, 3.63) is 95.7 Å². The van der Waals surface area contributed by atoms with Crippen LogP contribution in [0.5, 0.6) is 5.75 Å². The molecule has 0 atom stereocenters. The molecule has 174 valence electrons. The summed E-state index contributed by atoms with van der Waals surface area (Å²) in [5.74, 6) is 0.154. The fourth-order valence-corrected chi connectivity index (χ4v) is 5.13. The number of aromatic amines is 1.